The fraction of sp³-hybridized carbons (Fsp3) is 0.143. The van der Waals surface area contributed by atoms with E-state index >= 15 is 0 Å². The van der Waals surface area contributed by atoms with Gasteiger partial charge in [-0.15, -0.1) is 11.3 Å². The van der Waals surface area contributed by atoms with Crippen LogP contribution in [-0.4, -0.2) is 20.5 Å². The molecular weight excluding hydrogens is 176 g/mol. The molecule has 0 aromatic carbocycles. The Bertz CT molecular complexity index is 443. The van der Waals surface area contributed by atoms with E-state index in [1.54, 1.807) is 10.6 Å². The number of aromatic carboxylic acids is 1. The molecule has 0 aliphatic rings. The first-order chi connectivity index (χ1) is 5.70. The number of aryl methyl sites for hydroxylation is 1. The molecule has 2 aromatic rings. The van der Waals surface area contributed by atoms with E-state index in [1.165, 1.54) is 11.3 Å². The van der Waals surface area contributed by atoms with Crippen molar-refractivity contribution in [3.05, 3.63) is 23.1 Å². The van der Waals surface area contributed by atoms with E-state index in [2.05, 4.69) is 4.98 Å². The average Bonchev–Trinajstić information content (AvgIpc) is 2.53. The third-order valence-corrected chi connectivity index (χ3v) is 2.61. The number of hydrogen-bond donors (Lipinski definition) is 1. The Kier molecular flexibility index (Phi) is 1.41. The minimum absolute atomic E-state index is 0.0868. The van der Waals surface area contributed by atoms with Crippen LogP contribution in [0.3, 0.4) is 0 Å². The lowest BCUT2D eigenvalue weighted by Gasteiger charge is -1.92. The van der Waals surface area contributed by atoms with Gasteiger partial charge in [-0.1, -0.05) is 0 Å². The number of carbonyl (C=O) groups is 1. The maximum absolute atomic E-state index is 10.6. The highest BCUT2D eigenvalue weighted by Crippen LogP contribution is 2.17. The number of rotatable bonds is 1. The lowest BCUT2D eigenvalue weighted by atomic mass is 10.5. The molecule has 0 radical (unpaired) electrons. The van der Waals surface area contributed by atoms with Crippen molar-refractivity contribution in [2.45, 2.75) is 6.92 Å². The molecule has 12 heavy (non-hydrogen) atoms. The molecule has 1 N–H and O–H groups in total. The SMILES string of the molecule is Cc1csc2cnc(C(=O)O)n12. The molecule has 0 amide bonds. The van der Waals surface area contributed by atoms with E-state index in [-0.39, 0.29) is 5.82 Å². The van der Waals surface area contributed by atoms with Crippen LogP contribution in [0.2, 0.25) is 0 Å². The second kappa shape index (κ2) is 2.31. The fourth-order valence-electron chi connectivity index (χ4n) is 1.11. The van der Waals surface area contributed by atoms with Gasteiger partial charge in [0.25, 0.3) is 0 Å². The van der Waals surface area contributed by atoms with Gasteiger partial charge in [0.15, 0.2) is 0 Å². The number of fused-ring (bicyclic) bond motifs is 1. The quantitative estimate of drug-likeness (QED) is 0.725. The second-order valence-corrected chi connectivity index (χ2v) is 3.33. The molecule has 0 aliphatic carbocycles. The largest absolute Gasteiger partial charge is 0.475 e. The predicted octanol–water partition coefficient (Wildman–Crippen LogP) is 1.40. The van der Waals surface area contributed by atoms with Gasteiger partial charge in [0.2, 0.25) is 5.82 Å². The van der Waals surface area contributed by atoms with Crippen LogP contribution >= 0.6 is 11.3 Å². The van der Waals surface area contributed by atoms with Gasteiger partial charge in [-0.3, -0.25) is 4.40 Å². The normalized spacial score (nSPS) is 10.8. The smallest absolute Gasteiger partial charge is 0.372 e. The van der Waals surface area contributed by atoms with Crippen LogP contribution in [-0.2, 0) is 0 Å². The number of nitrogens with zero attached hydrogens (tertiary/aromatic N) is 2. The Morgan fingerprint density at radius 2 is 2.50 bits per heavy atom. The van der Waals surface area contributed by atoms with Gasteiger partial charge >= 0.3 is 5.97 Å². The Balaban J connectivity index is 2.83. The first-order valence-electron chi connectivity index (χ1n) is 3.35. The van der Waals surface area contributed by atoms with E-state index in [0.717, 1.165) is 10.5 Å². The Morgan fingerprint density at radius 1 is 1.75 bits per heavy atom. The number of thiazole rings is 1. The van der Waals surface area contributed by atoms with Crippen molar-refractivity contribution in [2.75, 3.05) is 0 Å². The predicted molar refractivity (Wildman–Crippen MR) is 44.8 cm³/mol. The van der Waals surface area contributed by atoms with Gasteiger partial charge in [-0.2, -0.15) is 0 Å². The third kappa shape index (κ3) is 0.831. The van der Waals surface area contributed by atoms with Gasteiger partial charge in [-0.05, 0) is 6.92 Å². The molecule has 0 aliphatic heterocycles. The van der Waals surface area contributed by atoms with Crippen molar-refractivity contribution in [1.29, 1.82) is 0 Å². The molecule has 2 rings (SSSR count). The van der Waals surface area contributed by atoms with Crippen LogP contribution in [0.1, 0.15) is 16.3 Å². The monoisotopic (exact) mass is 182 g/mol. The third-order valence-electron chi connectivity index (χ3n) is 1.62. The van der Waals surface area contributed by atoms with E-state index in [9.17, 15) is 4.79 Å². The van der Waals surface area contributed by atoms with E-state index in [1.807, 2.05) is 12.3 Å². The maximum atomic E-state index is 10.6. The summed E-state index contributed by atoms with van der Waals surface area (Å²) in [6.07, 6.45) is 1.57. The van der Waals surface area contributed by atoms with Crippen molar-refractivity contribution in [3.8, 4) is 0 Å². The zero-order valence-corrected chi connectivity index (χ0v) is 7.13. The zero-order valence-electron chi connectivity index (χ0n) is 6.31. The van der Waals surface area contributed by atoms with Crippen molar-refractivity contribution < 1.29 is 9.90 Å². The molecule has 0 unspecified atom stereocenters. The van der Waals surface area contributed by atoms with Gasteiger partial charge < -0.3 is 5.11 Å². The molecule has 4 nitrogen and oxygen atoms in total. The van der Waals surface area contributed by atoms with E-state index in [0.29, 0.717) is 0 Å². The maximum Gasteiger partial charge on any atom is 0.372 e. The molecule has 2 heterocycles. The number of imidazole rings is 1. The van der Waals surface area contributed by atoms with Gasteiger partial charge in [0.1, 0.15) is 4.83 Å². The summed E-state index contributed by atoms with van der Waals surface area (Å²) in [4.78, 5) is 15.3. The molecule has 0 bridgehead atoms. The fourth-order valence-corrected chi connectivity index (χ4v) is 1.96. The summed E-state index contributed by atoms with van der Waals surface area (Å²) in [5.41, 5.74) is 0.907. The van der Waals surface area contributed by atoms with Crippen LogP contribution < -0.4 is 0 Å². The Labute approximate surface area is 72.1 Å². The van der Waals surface area contributed by atoms with Crippen molar-refractivity contribution >= 4 is 22.1 Å². The van der Waals surface area contributed by atoms with Crippen molar-refractivity contribution in [3.63, 3.8) is 0 Å². The van der Waals surface area contributed by atoms with Crippen molar-refractivity contribution in [1.82, 2.24) is 9.38 Å². The number of aromatic nitrogens is 2. The number of carboxylic acids is 1. The molecule has 2 aromatic heterocycles. The molecule has 62 valence electrons. The summed E-state index contributed by atoms with van der Waals surface area (Å²) in [5, 5.41) is 10.6. The van der Waals surface area contributed by atoms with E-state index in [4.69, 9.17) is 5.11 Å². The summed E-state index contributed by atoms with van der Waals surface area (Å²) in [6.45, 7) is 1.86. The van der Waals surface area contributed by atoms with Crippen LogP contribution in [0.25, 0.3) is 4.83 Å². The second-order valence-electron chi connectivity index (χ2n) is 2.44. The van der Waals surface area contributed by atoms with Gasteiger partial charge in [0, 0.05) is 11.1 Å². The molecule has 0 saturated heterocycles. The molecular formula is C7H6N2O2S. The molecule has 0 spiro atoms. The minimum Gasteiger partial charge on any atom is -0.475 e. The van der Waals surface area contributed by atoms with Crippen LogP contribution in [0, 0.1) is 6.92 Å². The minimum atomic E-state index is -0.989. The number of hydrogen-bond acceptors (Lipinski definition) is 3. The topological polar surface area (TPSA) is 54.6 Å². The van der Waals surface area contributed by atoms with Crippen LogP contribution in [0.5, 0.6) is 0 Å². The zero-order chi connectivity index (χ0) is 8.72. The average molecular weight is 182 g/mol. The van der Waals surface area contributed by atoms with Crippen molar-refractivity contribution in [2.24, 2.45) is 0 Å². The highest BCUT2D eigenvalue weighted by atomic mass is 32.1. The molecule has 0 atom stereocenters. The van der Waals surface area contributed by atoms with Crippen LogP contribution in [0.15, 0.2) is 11.6 Å². The summed E-state index contributed by atoms with van der Waals surface area (Å²) in [6, 6.07) is 0. The molecule has 0 saturated carbocycles. The summed E-state index contributed by atoms with van der Waals surface area (Å²) in [5.74, 6) is -0.903. The first-order valence-corrected chi connectivity index (χ1v) is 4.23. The standard InChI is InChI=1S/C7H6N2O2S/c1-4-3-12-5-2-8-6(7(10)11)9(4)5/h2-3H,1H3,(H,10,11). The number of carboxylic acid groups (broad SMARTS) is 1. The van der Waals surface area contributed by atoms with Crippen LogP contribution in [0.4, 0.5) is 0 Å². The summed E-state index contributed by atoms with van der Waals surface area (Å²) < 4.78 is 1.63. The lowest BCUT2D eigenvalue weighted by Crippen LogP contribution is -2.03. The van der Waals surface area contributed by atoms with E-state index < -0.39 is 5.97 Å². The summed E-state index contributed by atoms with van der Waals surface area (Å²) >= 11 is 1.49. The van der Waals surface area contributed by atoms with Gasteiger partial charge in [0.05, 0.1) is 6.20 Å². The highest BCUT2D eigenvalue weighted by Gasteiger charge is 2.13. The van der Waals surface area contributed by atoms with Gasteiger partial charge in [-0.25, -0.2) is 9.78 Å². The summed E-state index contributed by atoms with van der Waals surface area (Å²) in [7, 11) is 0. The molecule has 0 fully saturated rings. The molecule has 5 heteroatoms. The Hall–Kier alpha value is -1.36. The highest BCUT2D eigenvalue weighted by molar-refractivity contribution is 7.15. The first kappa shape index (κ1) is 7.30. The lowest BCUT2D eigenvalue weighted by molar-refractivity contribution is 0.0682. The Morgan fingerprint density at radius 3 is 3.17 bits per heavy atom.